The molecule has 0 saturated heterocycles. The molecule has 1 aromatic heterocycles. The SMILES string of the molecule is CCC(OC(=O)c1cccnc1Cl)C(=O)Nc1ccc(C)cc1. The Hall–Kier alpha value is -2.40. The first-order valence-corrected chi connectivity index (χ1v) is 7.58. The summed E-state index contributed by atoms with van der Waals surface area (Å²) in [4.78, 5) is 28.2. The van der Waals surface area contributed by atoms with Crippen LogP contribution in [-0.4, -0.2) is 23.0 Å². The zero-order valence-corrected chi connectivity index (χ0v) is 13.6. The summed E-state index contributed by atoms with van der Waals surface area (Å²) >= 11 is 5.86. The topological polar surface area (TPSA) is 68.3 Å². The quantitative estimate of drug-likeness (QED) is 0.670. The monoisotopic (exact) mass is 332 g/mol. The van der Waals surface area contributed by atoms with Gasteiger partial charge >= 0.3 is 5.97 Å². The van der Waals surface area contributed by atoms with Crippen LogP contribution < -0.4 is 5.32 Å². The number of aromatic nitrogens is 1. The van der Waals surface area contributed by atoms with Gasteiger partial charge in [0.2, 0.25) is 0 Å². The van der Waals surface area contributed by atoms with Crippen molar-refractivity contribution >= 4 is 29.2 Å². The Morgan fingerprint density at radius 1 is 1.26 bits per heavy atom. The number of pyridine rings is 1. The summed E-state index contributed by atoms with van der Waals surface area (Å²) < 4.78 is 5.25. The van der Waals surface area contributed by atoms with Crippen LogP contribution in [0.4, 0.5) is 5.69 Å². The van der Waals surface area contributed by atoms with Crippen molar-refractivity contribution in [2.24, 2.45) is 0 Å². The van der Waals surface area contributed by atoms with Crippen LogP contribution in [-0.2, 0) is 9.53 Å². The Morgan fingerprint density at radius 3 is 2.57 bits per heavy atom. The fraction of sp³-hybridized carbons (Fsp3) is 0.235. The van der Waals surface area contributed by atoms with Gasteiger partial charge in [0.1, 0.15) is 5.15 Å². The van der Waals surface area contributed by atoms with Crippen LogP contribution >= 0.6 is 11.6 Å². The van der Waals surface area contributed by atoms with Crippen LogP contribution in [0.2, 0.25) is 5.15 Å². The van der Waals surface area contributed by atoms with Gasteiger partial charge in [-0.15, -0.1) is 0 Å². The molecule has 1 N–H and O–H groups in total. The molecule has 1 heterocycles. The average molecular weight is 333 g/mol. The first kappa shape index (κ1) is 17.0. The summed E-state index contributed by atoms with van der Waals surface area (Å²) in [6, 6.07) is 10.4. The molecule has 1 amide bonds. The maximum atomic E-state index is 12.2. The molecule has 5 nitrogen and oxygen atoms in total. The van der Waals surface area contributed by atoms with E-state index in [2.05, 4.69) is 10.3 Å². The van der Waals surface area contributed by atoms with Gasteiger partial charge in [-0.05, 0) is 37.6 Å². The number of carbonyl (C=O) groups is 2. The number of rotatable bonds is 5. The van der Waals surface area contributed by atoms with Crippen LogP contribution in [0.15, 0.2) is 42.6 Å². The number of halogens is 1. The highest BCUT2D eigenvalue weighted by Crippen LogP contribution is 2.16. The predicted octanol–water partition coefficient (Wildman–Crippen LogP) is 3.62. The first-order chi connectivity index (χ1) is 11.0. The molecule has 0 fully saturated rings. The maximum absolute atomic E-state index is 12.2. The van der Waals surface area contributed by atoms with Crippen LogP contribution in [0.5, 0.6) is 0 Å². The molecule has 0 saturated carbocycles. The number of hydrogen-bond donors (Lipinski definition) is 1. The highest BCUT2D eigenvalue weighted by molar-refractivity contribution is 6.32. The normalized spacial score (nSPS) is 11.6. The van der Waals surface area contributed by atoms with Gasteiger partial charge in [-0.25, -0.2) is 9.78 Å². The molecule has 1 atom stereocenters. The lowest BCUT2D eigenvalue weighted by Crippen LogP contribution is -2.32. The molecular formula is C17H17ClN2O3. The number of amides is 1. The van der Waals surface area contributed by atoms with Crippen molar-refractivity contribution in [1.29, 1.82) is 0 Å². The molecular weight excluding hydrogens is 316 g/mol. The molecule has 23 heavy (non-hydrogen) atoms. The van der Waals surface area contributed by atoms with Gasteiger partial charge in [0.15, 0.2) is 6.10 Å². The second-order valence-corrected chi connectivity index (χ2v) is 5.36. The summed E-state index contributed by atoms with van der Waals surface area (Å²) in [5.41, 5.74) is 1.87. The highest BCUT2D eigenvalue weighted by atomic mass is 35.5. The number of benzene rings is 1. The molecule has 1 unspecified atom stereocenters. The minimum Gasteiger partial charge on any atom is -0.449 e. The van der Waals surface area contributed by atoms with Gasteiger partial charge in [-0.2, -0.15) is 0 Å². The molecule has 0 aliphatic heterocycles. The highest BCUT2D eigenvalue weighted by Gasteiger charge is 2.23. The lowest BCUT2D eigenvalue weighted by atomic mass is 10.2. The van der Waals surface area contributed by atoms with E-state index >= 15 is 0 Å². The molecule has 2 aromatic rings. The third-order valence-electron chi connectivity index (χ3n) is 3.21. The minimum absolute atomic E-state index is 0.0475. The zero-order chi connectivity index (χ0) is 16.8. The largest absolute Gasteiger partial charge is 0.449 e. The third-order valence-corrected chi connectivity index (χ3v) is 3.51. The summed E-state index contributed by atoms with van der Waals surface area (Å²) in [7, 11) is 0. The third kappa shape index (κ3) is 4.53. The average Bonchev–Trinajstić information content (AvgIpc) is 2.54. The Morgan fingerprint density at radius 2 is 1.96 bits per heavy atom. The lowest BCUT2D eigenvalue weighted by Gasteiger charge is -2.16. The number of anilines is 1. The summed E-state index contributed by atoms with van der Waals surface area (Å²) in [5, 5.41) is 2.77. The molecule has 0 aliphatic rings. The Labute approximate surface area is 139 Å². The van der Waals surface area contributed by atoms with Crippen molar-refractivity contribution in [1.82, 2.24) is 4.98 Å². The number of nitrogens with zero attached hydrogens (tertiary/aromatic N) is 1. The van der Waals surface area contributed by atoms with Crippen LogP contribution in [0.25, 0.3) is 0 Å². The van der Waals surface area contributed by atoms with E-state index in [-0.39, 0.29) is 16.6 Å². The van der Waals surface area contributed by atoms with Gasteiger partial charge in [-0.3, -0.25) is 4.79 Å². The van der Waals surface area contributed by atoms with Crippen LogP contribution in [0.1, 0.15) is 29.3 Å². The second-order valence-electron chi connectivity index (χ2n) is 5.00. The molecule has 2 rings (SSSR count). The van der Waals surface area contributed by atoms with Crippen molar-refractivity contribution in [2.75, 3.05) is 5.32 Å². The maximum Gasteiger partial charge on any atom is 0.342 e. The molecule has 0 radical (unpaired) electrons. The van der Waals surface area contributed by atoms with E-state index in [1.54, 1.807) is 25.1 Å². The fourth-order valence-corrected chi connectivity index (χ4v) is 2.11. The molecule has 0 bridgehead atoms. The van der Waals surface area contributed by atoms with Crippen molar-refractivity contribution < 1.29 is 14.3 Å². The summed E-state index contributed by atoms with van der Waals surface area (Å²) in [6.45, 7) is 3.72. The molecule has 0 aliphatic carbocycles. The lowest BCUT2D eigenvalue weighted by molar-refractivity contribution is -0.124. The van der Waals surface area contributed by atoms with E-state index in [4.69, 9.17) is 16.3 Å². The van der Waals surface area contributed by atoms with E-state index in [9.17, 15) is 9.59 Å². The number of carbonyl (C=O) groups excluding carboxylic acids is 2. The number of aryl methyl sites for hydroxylation is 1. The number of ether oxygens (including phenoxy) is 1. The Kier molecular flexibility index (Phi) is 5.71. The van der Waals surface area contributed by atoms with E-state index in [0.717, 1.165) is 5.56 Å². The van der Waals surface area contributed by atoms with Crippen molar-refractivity contribution in [3.63, 3.8) is 0 Å². The Bertz CT molecular complexity index is 701. The molecule has 120 valence electrons. The molecule has 0 spiro atoms. The smallest absolute Gasteiger partial charge is 0.342 e. The Balaban J connectivity index is 2.04. The van der Waals surface area contributed by atoms with Gasteiger partial charge in [0.25, 0.3) is 5.91 Å². The first-order valence-electron chi connectivity index (χ1n) is 7.20. The second kappa shape index (κ2) is 7.74. The number of esters is 1. The molecule has 6 heteroatoms. The van der Waals surface area contributed by atoms with E-state index in [1.165, 1.54) is 12.3 Å². The van der Waals surface area contributed by atoms with Crippen molar-refractivity contribution in [2.45, 2.75) is 26.4 Å². The van der Waals surface area contributed by atoms with Gasteiger partial charge < -0.3 is 10.1 Å². The van der Waals surface area contributed by atoms with Crippen molar-refractivity contribution in [3.8, 4) is 0 Å². The minimum atomic E-state index is -0.903. The fourth-order valence-electron chi connectivity index (χ4n) is 1.91. The predicted molar refractivity (Wildman–Crippen MR) is 88.6 cm³/mol. The van der Waals surface area contributed by atoms with Gasteiger partial charge in [0.05, 0.1) is 5.56 Å². The van der Waals surface area contributed by atoms with Gasteiger partial charge in [-0.1, -0.05) is 36.2 Å². The van der Waals surface area contributed by atoms with Crippen LogP contribution in [0.3, 0.4) is 0 Å². The van der Waals surface area contributed by atoms with E-state index in [0.29, 0.717) is 12.1 Å². The molecule has 1 aromatic carbocycles. The standard InChI is InChI=1S/C17H17ClN2O3/c1-3-14(16(21)20-12-8-6-11(2)7-9-12)23-17(22)13-5-4-10-19-15(13)18/h4-10,14H,3H2,1-2H3,(H,20,21). The van der Waals surface area contributed by atoms with Crippen LogP contribution in [0, 0.1) is 6.92 Å². The summed E-state index contributed by atoms with van der Waals surface area (Å²) in [5.74, 6) is -1.06. The van der Waals surface area contributed by atoms with Gasteiger partial charge in [0, 0.05) is 11.9 Å². The van der Waals surface area contributed by atoms with Crippen molar-refractivity contribution in [3.05, 3.63) is 58.9 Å². The summed E-state index contributed by atoms with van der Waals surface area (Å²) in [6.07, 6.45) is 0.919. The van der Waals surface area contributed by atoms with E-state index in [1.807, 2.05) is 19.1 Å². The van der Waals surface area contributed by atoms with E-state index < -0.39 is 12.1 Å². The number of hydrogen-bond acceptors (Lipinski definition) is 4. The number of nitrogens with one attached hydrogen (secondary N) is 1. The zero-order valence-electron chi connectivity index (χ0n) is 12.9.